The minimum Gasteiger partial charge on any atom is -0.397 e. The quantitative estimate of drug-likeness (QED) is 0.862. The van der Waals surface area contributed by atoms with Gasteiger partial charge in [0.05, 0.1) is 17.9 Å². The molecule has 1 amide bonds. The number of nitrogens with one attached hydrogen (secondary N) is 1. The SMILES string of the molecule is Nc1ccc(C(=O)N2CCCC2c2ccc[nH]2)nc1. The van der Waals surface area contributed by atoms with Crippen molar-refractivity contribution in [1.29, 1.82) is 0 Å². The molecule has 3 rings (SSSR count). The summed E-state index contributed by atoms with van der Waals surface area (Å²) in [6.07, 6.45) is 5.41. The molecular formula is C14H16N4O. The predicted molar refractivity (Wildman–Crippen MR) is 72.5 cm³/mol. The molecule has 98 valence electrons. The fourth-order valence-electron chi connectivity index (χ4n) is 2.56. The number of nitrogens with zero attached hydrogens (tertiary/aromatic N) is 2. The number of pyridine rings is 1. The lowest BCUT2D eigenvalue weighted by molar-refractivity contribution is 0.0727. The first kappa shape index (κ1) is 11.8. The Labute approximate surface area is 111 Å². The second kappa shape index (κ2) is 4.76. The monoisotopic (exact) mass is 256 g/mol. The third-order valence-corrected chi connectivity index (χ3v) is 3.50. The molecule has 1 fully saturated rings. The maximum absolute atomic E-state index is 12.5. The number of H-pyrrole nitrogens is 1. The van der Waals surface area contributed by atoms with Crippen LogP contribution in [0.25, 0.3) is 0 Å². The van der Waals surface area contributed by atoms with Crippen LogP contribution in [0.1, 0.15) is 35.1 Å². The lowest BCUT2D eigenvalue weighted by Gasteiger charge is -2.23. The highest BCUT2D eigenvalue weighted by Gasteiger charge is 2.31. The summed E-state index contributed by atoms with van der Waals surface area (Å²) in [5.74, 6) is -0.0305. The van der Waals surface area contributed by atoms with Gasteiger partial charge in [-0.2, -0.15) is 0 Å². The second-order valence-electron chi connectivity index (χ2n) is 4.76. The van der Waals surface area contributed by atoms with Crippen molar-refractivity contribution in [3.8, 4) is 0 Å². The second-order valence-corrected chi connectivity index (χ2v) is 4.76. The summed E-state index contributed by atoms with van der Waals surface area (Å²) in [5, 5.41) is 0. The molecule has 0 spiro atoms. The third-order valence-electron chi connectivity index (χ3n) is 3.50. The van der Waals surface area contributed by atoms with E-state index in [1.165, 1.54) is 6.20 Å². The lowest BCUT2D eigenvalue weighted by atomic mass is 10.1. The molecule has 1 aliphatic heterocycles. The number of anilines is 1. The van der Waals surface area contributed by atoms with Crippen LogP contribution in [0.3, 0.4) is 0 Å². The highest BCUT2D eigenvalue weighted by Crippen LogP contribution is 2.31. The zero-order chi connectivity index (χ0) is 13.2. The lowest BCUT2D eigenvalue weighted by Crippen LogP contribution is -2.31. The van der Waals surface area contributed by atoms with Gasteiger partial charge in [0, 0.05) is 18.4 Å². The highest BCUT2D eigenvalue weighted by molar-refractivity contribution is 5.93. The summed E-state index contributed by atoms with van der Waals surface area (Å²) >= 11 is 0. The average Bonchev–Trinajstić information content (AvgIpc) is 3.09. The zero-order valence-corrected chi connectivity index (χ0v) is 10.5. The number of aromatic nitrogens is 2. The Morgan fingerprint density at radius 1 is 1.42 bits per heavy atom. The number of hydrogen-bond acceptors (Lipinski definition) is 3. The van der Waals surface area contributed by atoms with Gasteiger partial charge in [0.2, 0.25) is 0 Å². The average molecular weight is 256 g/mol. The number of carbonyl (C=O) groups excluding carboxylic acids is 1. The van der Waals surface area contributed by atoms with Crippen LogP contribution >= 0.6 is 0 Å². The third kappa shape index (κ3) is 2.19. The van der Waals surface area contributed by atoms with Crippen LogP contribution in [-0.2, 0) is 0 Å². The predicted octanol–water partition coefficient (Wildman–Crippen LogP) is 1.97. The van der Waals surface area contributed by atoms with E-state index in [9.17, 15) is 4.79 Å². The molecule has 5 heteroatoms. The number of nitrogens with two attached hydrogens (primary N) is 1. The van der Waals surface area contributed by atoms with E-state index in [-0.39, 0.29) is 11.9 Å². The molecule has 1 unspecified atom stereocenters. The van der Waals surface area contributed by atoms with E-state index in [2.05, 4.69) is 9.97 Å². The number of amides is 1. The van der Waals surface area contributed by atoms with Crippen LogP contribution in [0, 0.1) is 0 Å². The molecule has 3 heterocycles. The fraction of sp³-hybridized carbons (Fsp3) is 0.286. The first-order chi connectivity index (χ1) is 9.25. The summed E-state index contributed by atoms with van der Waals surface area (Å²) in [4.78, 5) is 21.7. The Morgan fingerprint density at radius 3 is 3.00 bits per heavy atom. The van der Waals surface area contributed by atoms with Crippen molar-refractivity contribution >= 4 is 11.6 Å². The molecule has 0 bridgehead atoms. The van der Waals surface area contributed by atoms with Gasteiger partial charge in [-0.25, -0.2) is 4.98 Å². The number of nitrogen functional groups attached to an aromatic ring is 1. The molecule has 1 aliphatic rings. The van der Waals surface area contributed by atoms with Gasteiger partial charge in [0.25, 0.3) is 5.91 Å². The summed E-state index contributed by atoms with van der Waals surface area (Å²) in [7, 11) is 0. The van der Waals surface area contributed by atoms with Gasteiger partial charge in [0.1, 0.15) is 5.69 Å². The molecule has 0 aliphatic carbocycles. The van der Waals surface area contributed by atoms with E-state index in [0.717, 1.165) is 25.1 Å². The maximum Gasteiger partial charge on any atom is 0.273 e. The van der Waals surface area contributed by atoms with Crippen LogP contribution in [-0.4, -0.2) is 27.3 Å². The molecule has 0 saturated carbocycles. The summed E-state index contributed by atoms with van der Waals surface area (Å²) in [6.45, 7) is 0.772. The van der Waals surface area contributed by atoms with Gasteiger partial charge in [-0.15, -0.1) is 0 Å². The van der Waals surface area contributed by atoms with Crippen molar-refractivity contribution in [2.24, 2.45) is 0 Å². The molecular weight excluding hydrogens is 240 g/mol. The number of hydrogen-bond donors (Lipinski definition) is 2. The van der Waals surface area contributed by atoms with E-state index in [4.69, 9.17) is 5.73 Å². The molecule has 1 saturated heterocycles. The molecule has 0 aromatic carbocycles. The highest BCUT2D eigenvalue weighted by atomic mass is 16.2. The number of aromatic amines is 1. The van der Waals surface area contributed by atoms with E-state index < -0.39 is 0 Å². The molecule has 1 atom stereocenters. The fourth-order valence-corrected chi connectivity index (χ4v) is 2.56. The zero-order valence-electron chi connectivity index (χ0n) is 10.5. The Hall–Kier alpha value is -2.30. The molecule has 3 N–H and O–H groups in total. The number of rotatable bonds is 2. The van der Waals surface area contributed by atoms with Crippen molar-refractivity contribution in [2.45, 2.75) is 18.9 Å². The first-order valence-corrected chi connectivity index (χ1v) is 6.41. The minimum absolute atomic E-state index is 0.0305. The van der Waals surface area contributed by atoms with Crippen LogP contribution in [0.5, 0.6) is 0 Å². The summed E-state index contributed by atoms with van der Waals surface area (Å²) < 4.78 is 0. The van der Waals surface area contributed by atoms with Gasteiger partial charge in [-0.05, 0) is 37.1 Å². The van der Waals surface area contributed by atoms with Gasteiger partial charge in [-0.3, -0.25) is 4.79 Å². The Balaban J connectivity index is 1.84. The van der Waals surface area contributed by atoms with Crippen molar-refractivity contribution in [3.05, 3.63) is 48.0 Å². The van der Waals surface area contributed by atoms with Crippen molar-refractivity contribution < 1.29 is 4.79 Å². The van der Waals surface area contributed by atoms with Crippen LogP contribution in [0.15, 0.2) is 36.7 Å². The van der Waals surface area contributed by atoms with E-state index in [1.807, 2.05) is 23.2 Å². The topological polar surface area (TPSA) is 75.0 Å². The van der Waals surface area contributed by atoms with Crippen LogP contribution < -0.4 is 5.73 Å². The summed E-state index contributed by atoms with van der Waals surface area (Å²) in [5.41, 5.74) is 7.70. The van der Waals surface area contributed by atoms with E-state index >= 15 is 0 Å². The van der Waals surface area contributed by atoms with E-state index in [1.54, 1.807) is 12.1 Å². The Morgan fingerprint density at radius 2 is 2.32 bits per heavy atom. The van der Waals surface area contributed by atoms with Crippen molar-refractivity contribution in [3.63, 3.8) is 0 Å². The van der Waals surface area contributed by atoms with E-state index in [0.29, 0.717) is 11.4 Å². The molecule has 19 heavy (non-hydrogen) atoms. The smallest absolute Gasteiger partial charge is 0.273 e. The normalized spacial score (nSPS) is 18.7. The first-order valence-electron chi connectivity index (χ1n) is 6.41. The van der Waals surface area contributed by atoms with Gasteiger partial charge in [0.15, 0.2) is 0 Å². The Kier molecular flexibility index (Phi) is 2.95. The standard InChI is InChI=1S/C14H16N4O/c15-10-5-6-12(17-9-10)14(19)18-8-2-4-13(18)11-3-1-7-16-11/h1,3,5-7,9,13,16H,2,4,8,15H2. The molecule has 5 nitrogen and oxygen atoms in total. The number of carbonyl (C=O) groups is 1. The molecule has 0 radical (unpaired) electrons. The maximum atomic E-state index is 12.5. The largest absolute Gasteiger partial charge is 0.397 e. The molecule has 2 aromatic rings. The van der Waals surface area contributed by atoms with Crippen molar-refractivity contribution in [2.75, 3.05) is 12.3 Å². The van der Waals surface area contributed by atoms with Crippen molar-refractivity contribution in [1.82, 2.24) is 14.9 Å². The number of likely N-dealkylation sites (tertiary alicyclic amines) is 1. The molecule has 2 aromatic heterocycles. The van der Waals surface area contributed by atoms with Gasteiger partial charge < -0.3 is 15.6 Å². The van der Waals surface area contributed by atoms with Crippen LogP contribution in [0.4, 0.5) is 5.69 Å². The minimum atomic E-state index is -0.0305. The van der Waals surface area contributed by atoms with Crippen LogP contribution in [0.2, 0.25) is 0 Å². The Bertz CT molecular complexity index is 562. The summed E-state index contributed by atoms with van der Waals surface area (Å²) in [6, 6.07) is 7.49. The van der Waals surface area contributed by atoms with Gasteiger partial charge in [-0.1, -0.05) is 0 Å². The van der Waals surface area contributed by atoms with Gasteiger partial charge >= 0.3 is 0 Å².